The molecule has 0 aliphatic carbocycles. The van der Waals surface area contributed by atoms with Gasteiger partial charge in [-0.1, -0.05) is 24.3 Å². The molecule has 0 bridgehead atoms. The van der Waals surface area contributed by atoms with E-state index in [4.69, 9.17) is 14.2 Å². The van der Waals surface area contributed by atoms with E-state index in [1.807, 2.05) is 19.1 Å². The molecule has 3 rings (SSSR count). The van der Waals surface area contributed by atoms with Crippen molar-refractivity contribution >= 4 is 21.6 Å². The molecule has 0 aromatic heterocycles. The molecule has 186 valence electrons. The van der Waals surface area contributed by atoms with Crippen LogP contribution < -0.4 is 23.8 Å². The molecule has 0 saturated carbocycles. The van der Waals surface area contributed by atoms with E-state index in [0.29, 0.717) is 42.5 Å². The predicted octanol–water partition coefficient (Wildman–Crippen LogP) is 3.66. The number of carbonyl (C=O) groups is 1. The van der Waals surface area contributed by atoms with Gasteiger partial charge < -0.3 is 19.5 Å². The number of rotatable bonds is 12. The number of anilines is 1. The molecule has 0 radical (unpaired) electrons. The topological polar surface area (TPSA) is 94.2 Å². The van der Waals surface area contributed by atoms with E-state index in [0.717, 1.165) is 9.87 Å². The summed E-state index contributed by atoms with van der Waals surface area (Å²) in [7, 11) is -0.859. The fourth-order valence-electron chi connectivity index (χ4n) is 3.48. The van der Waals surface area contributed by atoms with Crippen molar-refractivity contribution in [1.29, 1.82) is 0 Å². The van der Waals surface area contributed by atoms with Crippen LogP contribution in [0.4, 0.5) is 5.69 Å². The number of ether oxygens (including phenoxy) is 3. The minimum atomic E-state index is -3.99. The molecule has 3 aromatic rings. The summed E-state index contributed by atoms with van der Waals surface area (Å²) in [5.41, 5.74) is 1.35. The van der Waals surface area contributed by atoms with Gasteiger partial charge in [0.05, 0.1) is 31.4 Å². The molecule has 0 fully saturated rings. The summed E-state index contributed by atoms with van der Waals surface area (Å²) in [6, 6.07) is 20.2. The first-order valence-corrected chi connectivity index (χ1v) is 12.6. The van der Waals surface area contributed by atoms with Crippen molar-refractivity contribution in [1.82, 2.24) is 5.32 Å². The van der Waals surface area contributed by atoms with Gasteiger partial charge in [0.1, 0.15) is 12.3 Å². The third-order valence-corrected chi connectivity index (χ3v) is 7.03. The molecule has 0 heterocycles. The van der Waals surface area contributed by atoms with Gasteiger partial charge in [-0.2, -0.15) is 0 Å². The molecule has 9 heteroatoms. The Labute approximate surface area is 206 Å². The number of amides is 1. The number of methoxy groups -OCH3 is 2. The fourth-order valence-corrected chi connectivity index (χ4v) is 4.90. The lowest BCUT2D eigenvalue weighted by molar-refractivity contribution is -0.119. The summed E-state index contributed by atoms with van der Waals surface area (Å²) in [6.45, 7) is 2.31. The van der Waals surface area contributed by atoms with Crippen molar-refractivity contribution in [2.24, 2.45) is 0 Å². The molecule has 0 saturated heterocycles. The van der Waals surface area contributed by atoms with Gasteiger partial charge in [-0.25, -0.2) is 8.42 Å². The van der Waals surface area contributed by atoms with Gasteiger partial charge in [-0.3, -0.25) is 9.10 Å². The highest BCUT2D eigenvalue weighted by Crippen LogP contribution is 2.28. The number of nitrogens with one attached hydrogen (secondary N) is 1. The van der Waals surface area contributed by atoms with Crippen LogP contribution in [-0.4, -0.2) is 48.2 Å². The van der Waals surface area contributed by atoms with Crippen molar-refractivity contribution < 1.29 is 27.4 Å². The first kappa shape index (κ1) is 25.9. The molecule has 8 nitrogen and oxygen atoms in total. The average Bonchev–Trinajstić information content (AvgIpc) is 2.88. The first-order chi connectivity index (χ1) is 16.9. The Bertz CT molecular complexity index is 1210. The highest BCUT2D eigenvalue weighted by atomic mass is 32.2. The first-order valence-electron chi connectivity index (χ1n) is 11.2. The molecule has 1 amide bonds. The van der Waals surface area contributed by atoms with Crippen molar-refractivity contribution in [3.63, 3.8) is 0 Å². The lowest BCUT2D eigenvalue weighted by Crippen LogP contribution is -2.41. The Balaban J connectivity index is 1.72. The summed E-state index contributed by atoms with van der Waals surface area (Å²) < 4.78 is 44.0. The number of para-hydroxylation sites is 1. The largest absolute Gasteiger partial charge is 0.494 e. The zero-order chi connectivity index (χ0) is 25.3. The quantitative estimate of drug-likeness (QED) is 0.410. The van der Waals surface area contributed by atoms with E-state index >= 15 is 0 Å². The molecule has 1 N–H and O–H groups in total. The van der Waals surface area contributed by atoms with Crippen molar-refractivity contribution in [3.8, 4) is 17.2 Å². The lowest BCUT2D eigenvalue weighted by atomic mass is 10.1. The van der Waals surface area contributed by atoms with Crippen LogP contribution in [0, 0.1) is 0 Å². The van der Waals surface area contributed by atoms with Crippen LogP contribution in [0.2, 0.25) is 0 Å². The van der Waals surface area contributed by atoms with Crippen molar-refractivity contribution in [2.45, 2.75) is 18.2 Å². The molecular formula is C26H30N2O6S. The highest BCUT2D eigenvalue weighted by molar-refractivity contribution is 7.92. The molecule has 0 unspecified atom stereocenters. The fraction of sp³-hybridized carbons (Fsp3) is 0.269. The van der Waals surface area contributed by atoms with Gasteiger partial charge in [0.2, 0.25) is 5.91 Å². The summed E-state index contributed by atoms with van der Waals surface area (Å²) in [5, 5.41) is 2.81. The maximum Gasteiger partial charge on any atom is 0.264 e. The summed E-state index contributed by atoms with van der Waals surface area (Å²) >= 11 is 0. The monoisotopic (exact) mass is 498 g/mol. The average molecular weight is 499 g/mol. The third kappa shape index (κ3) is 6.66. The normalized spacial score (nSPS) is 10.9. The Morgan fingerprint density at radius 2 is 1.60 bits per heavy atom. The van der Waals surface area contributed by atoms with Gasteiger partial charge in [0.25, 0.3) is 10.0 Å². The van der Waals surface area contributed by atoms with Gasteiger partial charge in [-0.05, 0) is 67.4 Å². The van der Waals surface area contributed by atoms with Gasteiger partial charge >= 0.3 is 0 Å². The van der Waals surface area contributed by atoms with Gasteiger partial charge in [0.15, 0.2) is 11.5 Å². The maximum absolute atomic E-state index is 13.4. The SMILES string of the molecule is CCOc1ccc(S(=O)(=O)N(CC(=O)NCCc2ccc(OC)c(OC)c2)c2ccccc2)cc1. The third-order valence-electron chi connectivity index (χ3n) is 5.24. The van der Waals surface area contributed by atoms with E-state index < -0.39 is 15.9 Å². The Morgan fingerprint density at radius 3 is 2.23 bits per heavy atom. The second kappa shape index (κ2) is 12.1. The number of nitrogens with zero attached hydrogens (tertiary/aromatic N) is 1. The second-order valence-electron chi connectivity index (χ2n) is 7.54. The smallest absolute Gasteiger partial charge is 0.264 e. The minimum absolute atomic E-state index is 0.0722. The van der Waals surface area contributed by atoms with E-state index in [1.165, 1.54) is 12.1 Å². The zero-order valence-electron chi connectivity index (χ0n) is 20.1. The van der Waals surface area contributed by atoms with Crippen molar-refractivity contribution in [3.05, 3.63) is 78.4 Å². The number of hydrogen-bond acceptors (Lipinski definition) is 6. The van der Waals surface area contributed by atoms with E-state index in [2.05, 4.69) is 5.32 Å². The molecule has 0 spiro atoms. The number of hydrogen-bond donors (Lipinski definition) is 1. The van der Waals surface area contributed by atoms with Crippen molar-refractivity contribution in [2.75, 3.05) is 38.2 Å². The number of carbonyl (C=O) groups excluding carboxylic acids is 1. The number of benzene rings is 3. The minimum Gasteiger partial charge on any atom is -0.494 e. The van der Waals surface area contributed by atoms with E-state index in [1.54, 1.807) is 62.8 Å². The van der Waals surface area contributed by atoms with Crippen LogP contribution in [0.5, 0.6) is 17.2 Å². The van der Waals surface area contributed by atoms with E-state index in [-0.39, 0.29) is 11.4 Å². The summed E-state index contributed by atoms with van der Waals surface area (Å²) in [6.07, 6.45) is 0.545. The van der Waals surface area contributed by atoms with Crippen LogP contribution >= 0.6 is 0 Å². The number of sulfonamides is 1. The Morgan fingerprint density at radius 1 is 0.914 bits per heavy atom. The summed E-state index contributed by atoms with van der Waals surface area (Å²) in [4.78, 5) is 12.8. The lowest BCUT2D eigenvalue weighted by Gasteiger charge is -2.24. The van der Waals surface area contributed by atoms with E-state index in [9.17, 15) is 13.2 Å². The van der Waals surface area contributed by atoms with Gasteiger partial charge in [0, 0.05) is 6.54 Å². The molecular weight excluding hydrogens is 468 g/mol. The van der Waals surface area contributed by atoms with Crippen LogP contribution in [0.15, 0.2) is 77.7 Å². The van der Waals surface area contributed by atoms with Crippen LogP contribution in [-0.2, 0) is 21.2 Å². The van der Waals surface area contributed by atoms with Gasteiger partial charge in [-0.15, -0.1) is 0 Å². The molecule has 0 aliphatic rings. The Hall–Kier alpha value is -3.72. The van der Waals surface area contributed by atoms with Crippen LogP contribution in [0.1, 0.15) is 12.5 Å². The Kier molecular flexibility index (Phi) is 8.97. The second-order valence-corrected chi connectivity index (χ2v) is 9.40. The standard InChI is InChI=1S/C26H30N2O6S/c1-4-34-22-11-13-23(14-12-22)35(30,31)28(21-8-6-5-7-9-21)19-26(29)27-17-16-20-10-15-24(32-2)25(18-20)33-3/h5-15,18H,4,16-17,19H2,1-3H3,(H,27,29). The molecule has 0 atom stereocenters. The van der Waals surface area contributed by atoms with Crippen LogP contribution in [0.25, 0.3) is 0 Å². The molecule has 0 aliphatic heterocycles. The predicted molar refractivity (Wildman–Crippen MR) is 135 cm³/mol. The highest BCUT2D eigenvalue weighted by Gasteiger charge is 2.27. The molecule has 3 aromatic carbocycles. The maximum atomic E-state index is 13.4. The van der Waals surface area contributed by atoms with Crippen LogP contribution in [0.3, 0.4) is 0 Å². The zero-order valence-corrected chi connectivity index (χ0v) is 20.9. The summed E-state index contributed by atoms with van der Waals surface area (Å²) in [5.74, 6) is 1.39. The molecule has 35 heavy (non-hydrogen) atoms.